The van der Waals surface area contributed by atoms with E-state index in [9.17, 15) is 13.2 Å². The summed E-state index contributed by atoms with van der Waals surface area (Å²) in [5.41, 5.74) is 0. The number of rotatable bonds is 5. The molecule has 1 saturated carbocycles. The van der Waals surface area contributed by atoms with Gasteiger partial charge in [-0.3, -0.25) is 0 Å². The number of sulfonamides is 1. The number of nitrogens with one attached hydrogen (secondary N) is 1. The van der Waals surface area contributed by atoms with Crippen LogP contribution in [0.3, 0.4) is 0 Å². The molecule has 1 aliphatic carbocycles. The van der Waals surface area contributed by atoms with Crippen LogP contribution >= 0.6 is 11.3 Å². The summed E-state index contributed by atoms with van der Waals surface area (Å²) in [6, 6.07) is 1.35. The highest BCUT2D eigenvalue weighted by atomic mass is 32.2. The second kappa shape index (κ2) is 6.24. The lowest BCUT2D eigenvalue weighted by Gasteiger charge is -2.28. The molecule has 0 bridgehead atoms. The van der Waals surface area contributed by atoms with E-state index >= 15 is 0 Å². The Balaban J connectivity index is 2.07. The van der Waals surface area contributed by atoms with Gasteiger partial charge < -0.3 is 5.11 Å². The van der Waals surface area contributed by atoms with Gasteiger partial charge in [-0.05, 0) is 29.7 Å². The summed E-state index contributed by atoms with van der Waals surface area (Å²) in [6.07, 6.45) is 4.50. The molecule has 1 fully saturated rings. The molecule has 7 heteroatoms. The van der Waals surface area contributed by atoms with Crippen molar-refractivity contribution in [3.8, 4) is 0 Å². The van der Waals surface area contributed by atoms with Crippen molar-refractivity contribution in [2.75, 3.05) is 6.54 Å². The fourth-order valence-corrected chi connectivity index (χ4v) is 5.01. The van der Waals surface area contributed by atoms with Crippen LogP contribution in [0.5, 0.6) is 0 Å². The van der Waals surface area contributed by atoms with Crippen molar-refractivity contribution >= 4 is 27.3 Å². The summed E-state index contributed by atoms with van der Waals surface area (Å²) in [5, 5.41) is 10.5. The Hall–Kier alpha value is -0.920. The van der Waals surface area contributed by atoms with Gasteiger partial charge in [0, 0.05) is 6.54 Å². The lowest BCUT2D eigenvalue weighted by molar-refractivity contribution is 0.0698. The highest BCUT2D eigenvalue weighted by Crippen LogP contribution is 2.29. The monoisotopic (exact) mass is 317 g/mol. The molecular weight excluding hydrogens is 298 g/mol. The lowest BCUT2D eigenvalue weighted by atomic mass is 9.81. The van der Waals surface area contributed by atoms with Gasteiger partial charge in [-0.2, -0.15) is 0 Å². The number of carbonyl (C=O) groups is 1. The van der Waals surface area contributed by atoms with Crippen molar-refractivity contribution in [3.05, 3.63) is 16.3 Å². The van der Waals surface area contributed by atoms with E-state index in [0.29, 0.717) is 18.4 Å². The van der Waals surface area contributed by atoms with E-state index in [4.69, 9.17) is 5.11 Å². The zero-order valence-corrected chi connectivity index (χ0v) is 13.0. The van der Waals surface area contributed by atoms with Crippen LogP contribution in [0.15, 0.2) is 16.3 Å². The second-order valence-electron chi connectivity index (χ2n) is 5.29. The normalized spacial score (nSPS) is 23.6. The first-order valence-electron chi connectivity index (χ1n) is 6.72. The summed E-state index contributed by atoms with van der Waals surface area (Å²) in [4.78, 5) is 10.7. The van der Waals surface area contributed by atoms with Crippen LogP contribution in [0.2, 0.25) is 0 Å². The third-order valence-electron chi connectivity index (χ3n) is 3.94. The molecule has 0 aromatic carbocycles. The molecule has 1 heterocycles. The average Bonchev–Trinajstić information content (AvgIpc) is 2.88. The molecule has 1 aliphatic rings. The minimum atomic E-state index is -3.74. The van der Waals surface area contributed by atoms with Crippen LogP contribution < -0.4 is 4.72 Å². The number of hydrogen-bond acceptors (Lipinski definition) is 4. The van der Waals surface area contributed by atoms with Gasteiger partial charge in [-0.25, -0.2) is 17.9 Å². The minimum absolute atomic E-state index is 0.126. The number of thiophene rings is 1. The Bertz CT molecular complexity index is 579. The van der Waals surface area contributed by atoms with Crippen LogP contribution in [0.1, 0.15) is 42.3 Å². The Morgan fingerprint density at radius 1 is 1.45 bits per heavy atom. The molecule has 0 radical (unpaired) electrons. The fourth-order valence-electron chi connectivity index (χ4n) is 2.66. The summed E-state index contributed by atoms with van der Waals surface area (Å²) in [5.74, 6) is -0.357. The number of aromatic carboxylic acids is 1. The quantitative estimate of drug-likeness (QED) is 0.874. The first-order chi connectivity index (χ1) is 9.42. The van der Waals surface area contributed by atoms with Gasteiger partial charge in [0.15, 0.2) is 0 Å². The average molecular weight is 317 g/mol. The largest absolute Gasteiger partial charge is 0.477 e. The molecule has 20 heavy (non-hydrogen) atoms. The summed E-state index contributed by atoms with van der Waals surface area (Å²) >= 11 is 0.928. The molecular formula is C13H19NO4S2. The Morgan fingerprint density at radius 3 is 2.80 bits per heavy atom. The Kier molecular flexibility index (Phi) is 4.82. The first-order valence-corrected chi connectivity index (χ1v) is 9.08. The second-order valence-corrected chi connectivity index (χ2v) is 7.94. The van der Waals surface area contributed by atoms with E-state index in [1.807, 2.05) is 0 Å². The van der Waals surface area contributed by atoms with E-state index in [1.165, 1.54) is 17.9 Å². The van der Waals surface area contributed by atoms with Crippen molar-refractivity contribution in [2.24, 2.45) is 11.8 Å². The number of carboxylic acids is 1. The first kappa shape index (κ1) is 15.5. The number of hydrogen-bond donors (Lipinski definition) is 2. The third kappa shape index (κ3) is 3.39. The van der Waals surface area contributed by atoms with Gasteiger partial charge >= 0.3 is 5.97 Å². The van der Waals surface area contributed by atoms with Crippen LogP contribution in [0.25, 0.3) is 0 Å². The maximum atomic E-state index is 12.2. The number of carboxylic acid groups (broad SMARTS) is 1. The maximum Gasteiger partial charge on any atom is 0.347 e. The van der Waals surface area contributed by atoms with Crippen molar-refractivity contribution in [1.82, 2.24) is 4.72 Å². The van der Waals surface area contributed by atoms with Crippen molar-refractivity contribution < 1.29 is 18.3 Å². The van der Waals surface area contributed by atoms with Crippen LogP contribution in [0.4, 0.5) is 0 Å². The fraction of sp³-hybridized carbons (Fsp3) is 0.615. The predicted octanol–water partition coefficient (Wildman–Crippen LogP) is 2.55. The van der Waals surface area contributed by atoms with E-state index in [0.717, 1.165) is 30.6 Å². The molecule has 2 atom stereocenters. The van der Waals surface area contributed by atoms with E-state index in [1.54, 1.807) is 0 Å². The van der Waals surface area contributed by atoms with E-state index in [-0.39, 0.29) is 9.77 Å². The summed E-state index contributed by atoms with van der Waals surface area (Å²) < 4.78 is 27.0. The maximum absolute atomic E-state index is 12.2. The summed E-state index contributed by atoms with van der Waals surface area (Å²) in [6.45, 7) is 2.53. The molecule has 1 aromatic heterocycles. The topological polar surface area (TPSA) is 83.5 Å². The van der Waals surface area contributed by atoms with Crippen LogP contribution in [-0.2, 0) is 10.0 Å². The molecule has 0 aliphatic heterocycles. The van der Waals surface area contributed by atoms with Gasteiger partial charge in [-0.15, -0.1) is 11.3 Å². The van der Waals surface area contributed by atoms with Crippen LogP contribution in [-0.4, -0.2) is 26.0 Å². The molecule has 2 rings (SSSR count). The van der Waals surface area contributed by atoms with Crippen LogP contribution in [0, 0.1) is 11.8 Å². The van der Waals surface area contributed by atoms with Crippen molar-refractivity contribution in [3.63, 3.8) is 0 Å². The van der Waals surface area contributed by atoms with Gasteiger partial charge in [0.1, 0.15) is 9.77 Å². The molecule has 0 saturated heterocycles. The van der Waals surface area contributed by atoms with E-state index < -0.39 is 16.0 Å². The molecule has 0 amide bonds. The smallest absolute Gasteiger partial charge is 0.347 e. The van der Waals surface area contributed by atoms with Gasteiger partial charge in [0.2, 0.25) is 10.0 Å². The third-order valence-corrected chi connectivity index (χ3v) is 6.44. The molecule has 0 spiro atoms. The zero-order valence-electron chi connectivity index (χ0n) is 11.3. The molecule has 2 unspecified atom stereocenters. The lowest BCUT2D eigenvalue weighted by Crippen LogP contribution is -2.33. The SMILES string of the molecule is CC1CCCCC1CNS(=O)(=O)c1ccsc1C(=O)O. The van der Waals surface area contributed by atoms with Crippen molar-refractivity contribution in [2.45, 2.75) is 37.5 Å². The molecule has 2 N–H and O–H groups in total. The Morgan fingerprint density at radius 2 is 2.15 bits per heavy atom. The standard InChI is InChI=1S/C13H19NO4S2/c1-9-4-2-3-5-10(9)8-14-20(17,18)11-6-7-19-12(11)13(15)16/h6-7,9-10,14H,2-5,8H2,1H3,(H,15,16). The molecule has 112 valence electrons. The predicted molar refractivity (Wildman–Crippen MR) is 77.6 cm³/mol. The van der Waals surface area contributed by atoms with Gasteiger partial charge in [-0.1, -0.05) is 26.2 Å². The summed E-state index contributed by atoms with van der Waals surface area (Å²) in [7, 11) is -3.74. The molecule has 1 aromatic rings. The minimum Gasteiger partial charge on any atom is -0.477 e. The highest BCUT2D eigenvalue weighted by molar-refractivity contribution is 7.89. The Labute approximate surface area is 123 Å². The van der Waals surface area contributed by atoms with Gasteiger partial charge in [0.25, 0.3) is 0 Å². The highest BCUT2D eigenvalue weighted by Gasteiger charge is 2.27. The van der Waals surface area contributed by atoms with Gasteiger partial charge in [0.05, 0.1) is 0 Å². The zero-order chi connectivity index (χ0) is 14.8. The molecule has 5 nitrogen and oxygen atoms in total. The van der Waals surface area contributed by atoms with Crippen molar-refractivity contribution in [1.29, 1.82) is 0 Å². The van der Waals surface area contributed by atoms with E-state index in [2.05, 4.69) is 11.6 Å².